The molecule has 0 aromatic carbocycles. The SMILES string of the molecule is O=C(O)CC(O)C(O)=S.OCCCO. The van der Waals surface area contributed by atoms with Gasteiger partial charge in [0.05, 0.1) is 6.42 Å². The van der Waals surface area contributed by atoms with E-state index in [1.54, 1.807) is 0 Å². The number of hydrogen-bond acceptors (Lipinski definition) is 5. The smallest absolute Gasteiger partial charge is 0.306 e. The van der Waals surface area contributed by atoms with E-state index in [1.807, 2.05) is 0 Å². The first-order valence-corrected chi connectivity index (χ1v) is 4.20. The molecule has 0 aliphatic rings. The predicted octanol–water partition coefficient (Wildman–Crippen LogP) is -0.931. The van der Waals surface area contributed by atoms with Gasteiger partial charge in [0.2, 0.25) is 0 Å². The number of carboxylic acids is 1. The molecule has 0 fully saturated rings. The lowest BCUT2D eigenvalue weighted by Crippen LogP contribution is -2.21. The standard InChI is InChI=1S/C4H6O4S.C3H8O2/c5-2(4(8)9)1-3(6)7;4-2-1-3-5/h2,5H,1H2,(H,6,7)(H,8,9);4-5H,1-3H2. The van der Waals surface area contributed by atoms with Crippen LogP contribution in [0, 0.1) is 0 Å². The van der Waals surface area contributed by atoms with Crippen molar-refractivity contribution < 1.29 is 30.3 Å². The molecule has 84 valence electrons. The Hall–Kier alpha value is -0.760. The van der Waals surface area contributed by atoms with E-state index in [1.165, 1.54) is 0 Å². The number of aliphatic carboxylic acids is 1. The summed E-state index contributed by atoms with van der Waals surface area (Å²) in [7, 11) is 0. The van der Waals surface area contributed by atoms with Gasteiger partial charge in [0.15, 0.2) is 5.05 Å². The third-order valence-corrected chi connectivity index (χ3v) is 1.24. The minimum atomic E-state index is -1.42. The van der Waals surface area contributed by atoms with Crippen LogP contribution in [0.5, 0.6) is 0 Å². The summed E-state index contributed by atoms with van der Waals surface area (Å²) in [6, 6.07) is 0. The summed E-state index contributed by atoms with van der Waals surface area (Å²) >= 11 is 4.08. The molecule has 0 bridgehead atoms. The molecule has 0 aliphatic heterocycles. The fraction of sp³-hybridized carbons (Fsp3) is 0.714. The highest BCUT2D eigenvalue weighted by atomic mass is 32.1. The Bertz CT molecular complexity index is 170. The zero-order valence-corrected chi connectivity index (χ0v) is 8.27. The van der Waals surface area contributed by atoms with Crippen LogP contribution in [0.25, 0.3) is 0 Å². The molecule has 1 unspecified atom stereocenters. The first kappa shape index (κ1) is 15.7. The van der Waals surface area contributed by atoms with E-state index in [0.29, 0.717) is 6.42 Å². The summed E-state index contributed by atoms with van der Waals surface area (Å²) in [5, 5.41) is 39.9. The molecule has 0 spiro atoms. The molecule has 0 aromatic rings. The van der Waals surface area contributed by atoms with Crippen molar-refractivity contribution in [3.05, 3.63) is 0 Å². The number of aliphatic hydroxyl groups excluding tert-OH is 4. The number of rotatable bonds is 5. The third kappa shape index (κ3) is 13.8. The van der Waals surface area contributed by atoms with Crippen LogP contribution in [0.2, 0.25) is 0 Å². The van der Waals surface area contributed by atoms with Crippen LogP contribution in [0.4, 0.5) is 0 Å². The van der Waals surface area contributed by atoms with Crippen LogP contribution in [-0.4, -0.2) is 55.9 Å². The second kappa shape index (κ2) is 10.3. The highest BCUT2D eigenvalue weighted by Gasteiger charge is 2.12. The Morgan fingerprint density at radius 1 is 1.21 bits per heavy atom. The van der Waals surface area contributed by atoms with Gasteiger partial charge >= 0.3 is 5.97 Å². The highest BCUT2D eigenvalue weighted by molar-refractivity contribution is 7.80. The molecule has 0 heterocycles. The van der Waals surface area contributed by atoms with Crippen LogP contribution >= 0.6 is 12.2 Å². The molecular formula is C7H14O6S. The number of carboxylic acid groups (broad SMARTS) is 1. The molecule has 0 radical (unpaired) electrons. The van der Waals surface area contributed by atoms with Gasteiger partial charge in [-0.25, -0.2) is 0 Å². The molecule has 1 atom stereocenters. The van der Waals surface area contributed by atoms with Gasteiger partial charge in [-0.3, -0.25) is 4.79 Å². The third-order valence-electron chi connectivity index (χ3n) is 0.969. The monoisotopic (exact) mass is 226 g/mol. The van der Waals surface area contributed by atoms with Gasteiger partial charge < -0.3 is 25.5 Å². The van der Waals surface area contributed by atoms with Crippen LogP contribution in [-0.2, 0) is 4.79 Å². The summed E-state index contributed by atoms with van der Waals surface area (Å²) in [5.41, 5.74) is 0. The van der Waals surface area contributed by atoms with Crippen molar-refractivity contribution >= 4 is 23.2 Å². The van der Waals surface area contributed by atoms with Gasteiger partial charge in [-0.2, -0.15) is 0 Å². The summed E-state index contributed by atoms with van der Waals surface area (Å²) in [4.78, 5) is 9.78. The molecule has 0 saturated heterocycles. The molecular weight excluding hydrogens is 212 g/mol. The Balaban J connectivity index is 0. The van der Waals surface area contributed by atoms with Crippen molar-refractivity contribution in [3.63, 3.8) is 0 Å². The van der Waals surface area contributed by atoms with E-state index in [0.717, 1.165) is 0 Å². The van der Waals surface area contributed by atoms with Crippen molar-refractivity contribution in [3.8, 4) is 0 Å². The minimum Gasteiger partial charge on any atom is -0.500 e. The number of hydrogen-bond donors (Lipinski definition) is 5. The fourth-order valence-electron chi connectivity index (χ4n) is 0.323. The Morgan fingerprint density at radius 2 is 1.64 bits per heavy atom. The first-order chi connectivity index (χ1) is 6.45. The van der Waals surface area contributed by atoms with Gasteiger partial charge in [0, 0.05) is 13.2 Å². The van der Waals surface area contributed by atoms with Crippen molar-refractivity contribution in [2.75, 3.05) is 13.2 Å². The van der Waals surface area contributed by atoms with Gasteiger partial charge in [-0.1, -0.05) is 0 Å². The maximum atomic E-state index is 9.78. The average molecular weight is 226 g/mol. The maximum absolute atomic E-state index is 9.78. The molecule has 0 aliphatic carbocycles. The lowest BCUT2D eigenvalue weighted by molar-refractivity contribution is -0.138. The van der Waals surface area contributed by atoms with E-state index in [-0.39, 0.29) is 13.2 Å². The number of thiocarbonyl (C=S) groups is 1. The molecule has 0 rings (SSSR count). The van der Waals surface area contributed by atoms with Crippen molar-refractivity contribution in [2.45, 2.75) is 18.9 Å². The van der Waals surface area contributed by atoms with E-state index in [4.69, 9.17) is 25.5 Å². The predicted molar refractivity (Wildman–Crippen MR) is 52.3 cm³/mol. The molecule has 0 aromatic heterocycles. The van der Waals surface area contributed by atoms with E-state index < -0.39 is 23.5 Å². The summed E-state index contributed by atoms with van der Waals surface area (Å²) in [6.07, 6.45) is -1.47. The lowest BCUT2D eigenvalue weighted by atomic mass is 10.3. The largest absolute Gasteiger partial charge is 0.500 e. The molecule has 7 heteroatoms. The Morgan fingerprint density at radius 3 is 1.71 bits per heavy atom. The van der Waals surface area contributed by atoms with Crippen LogP contribution < -0.4 is 0 Å². The van der Waals surface area contributed by atoms with E-state index in [9.17, 15) is 4.79 Å². The topological polar surface area (TPSA) is 118 Å². The normalized spacial score (nSPS) is 11.1. The van der Waals surface area contributed by atoms with Crippen molar-refractivity contribution in [1.82, 2.24) is 0 Å². The van der Waals surface area contributed by atoms with E-state index >= 15 is 0 Å². The molecule has 6 nitrogen and oxygen atoms in total. The highest BCUT2D eigenvalue weighted by Crippen LogP contribution is 1.91. The summed E-state index contributed by atoms with van der Waals surface area (Å²) in [6.45, 7) is 0.188. The molecule has 14 heavy (non-hydrogen) atoms. The minimum absolute atomic E-state index is 0.0938. The lowest BCUT2D eigenvalue weighted by Gasteiger charge is -2.01. The zero-order chi connectivity index (χ0) is 11.6. The summed E-state index contributed by atoms with van der Waals surface area (Å²) in [5.74, 6) is -1.20. The average Bonchev–Trinajstić information content (AvgIpc) is 2.05. The second-order valence-electron chi connectivity index (χ2n) is 2.25. The number of carbonyl (C=O) groups is 1. The van der Waals surface area contributed by atoms with Gasteiger partial charge in [-0.15, -0.1) is 0 Å². The quantitative estimate of drug-likeness (QED) is 0.384. The van der Waals surface area contributed by atoms with Gasteiger partial charge in [-0.05, 0) is 18.6 Å². The molecule has 0 saturated carbocycles. The Kier molecular flexibility index (Phi) is 11.6. The molecule has 0 amide bonds. The zero-order valence-electron chi connectivity index (χ0n) is 7.46. The second-order valence-corrected chi connectivity index (χ2v) is 2.67. The van der Waals surface area contributed by atoms with Crippen molar-refractivity contribution in [1.29, 1.82) is 0 Å². The van der Waals surface area contributed by atoms with Crippen LogP contribution in [0.15, 0.2) is 0 Å². The van der Waals surface area contributed by atoms with Crippen LogP contribution in [0.1, 0.15) is 12.8 Å². The number of aliphatic hydroxyl groups is 4. The maximum Gasteiger partial charge on any atom is 0.306 e. The fourth-order valence-corrected chi connectivity index (χ4v) is 0.407. The first-order valence-electron chi connectivity index (χ1n) is 3.80. The Labute approximate surface area is 86.4 Å². The van der Waals surface area contributed by atoms with Crippen molar-refractivity contribution in [2.24, 2.45) is 0 Å². The van der Waals surface area contributed by atoms with E-state index in [2.05, 4.69) is 12.2 Å². The van der Waals surface area contributed by atoms with Crippen LogP contribution in [0.3, 0.4) is 0 Å². The summed E-state index contributed by atoms with van der Waals surface area (Å²) < 4.78 is 0. The van der Waals surface area contributed by atoms with Gasteiger partial charge in [0.1, 0.15) is 6.10 Å². The molecule has 5 N–H and O–H groups in total. The van der Waals surface area contributed by atoms with Gasteiger partial charge in [0.25, 0.3) is 0 Å².